The van der Waals surface area contributed by atoms with Crippen LogP contribution in [-0.4, -0.2) is 11.1 Å². The summed E-state index contributed by atoms with van der Waals surface area (Å²) in [6.07, 6.45) is 1.87. The maximum Gasteiger partial charge on any atom is 0.307 e. The molecular weight excluding hydrogens is 178 g/mol. The minimum Gasteiger partial charge on any atom is -0.481 e. The molecule has 0 aromatic heterocycles. The van der Waals surface area contributed by atoms with Gasteiger partial charge in [-0.25, -0.2) is 0 Å². The van der Waals surface area contributed by atoms with Gasteiger partial charge in [0, 0.05) is 5.69 Å². The summed E-state index contributed by atoms with van der Waals surface area (Å²) in [4.78, 5) is 10.6. The van der Waals surface area contributed by atoms with Crippen LogP contribution in [0.1, 0.15) is 24.5 Å². The average Bonchev–Trinajstić information content (AvgIpc) is 2.10. The second-order valence-electron chi connectivity index (χ2n) is 3.31. The molecule has 0 bridgehead atoms. The van der Waals surface area contributed by atoms with Gasteiger partial charge in [-0.2, -0.15) is 0 Å². The first-order chi connectivity index (χ1) is 6.65. The van der Waals surface area contributed by atoms with Crippen LogP contribution in [0.3, 0.4) is 0 Å². The van der Waals surface area contributed by atoms with E-state index in [0.29, 0.717) is 5.69 Å². The Bertz CT molecular complexity index is 334. The van der Waals surface area contributed by atoms with Crippen molar-refractivity contribution in [3.63, 3.8) is 0 Å². The van der Waals surface area contributed by atoms with E-state index in [4.69, 9.17) is 10.8 Å². The van der Waals surface area contributed by atoms with Gasteiger partial charge in [0.15, 0.2) is 0 Å². The predicted octanol–water partition coefficient (Wildman–Crippen LogP) is 1.85. The molecule has 0 saturated heterocycles. The van der Waals surface area contributed by atoms with Gasteiger partial charge in [0.05, 0.1) is 6.42 Å². The molecule has 0 amide bonds. The summed E-state index contributed by atoms with van der Waals surface area (Å²) in [7, 11) is 0. The first kappa shape index (κ1) is 10.6. The highest BCUT2D eigenvalue weighted by atomic mass is 16.4. The Kier molecular flexibility index (Phi) is 3.51. The lowest BCUT2D eigenvalue weighted by atomic mass is 9.99. The number of carboxylic acids is 1. The normalized spacial score (nSPS) is 10.1. The highest BCUT2D eigenvalue weighted by Gasteiger charge is 2.08. The number of aliphatic carboxylic acids is 1. The molecule has 76 valence electrons. The van der Waals surface area contributed by atoms with Crippen molar-refractivity contribution in [3.05, 3.63) is 29.3 Å². The van der Waals surface area contributed by atoms with Crippen LogP contribution in [0.15, 0.2) is 18.2 Å². The van der Waals surface area contributed by atoms with E-state index < -0.39 is 5.97 Å². The van der Waals surface area contributed by atoms with Crippen LogP contribution >= 0.6 is 0 Å². The summed E-state index contributed by atoms with van der Waals surface area (Å²) < 4.78 is 0. The molecule has 1 rings (SSSR count). The van der Waals surface area contributed by atoms with E-state index in [-0.39, 0.29) is 6.42 Å². The zero-order chi connectivity index (χ0) is 10.6. The molecule has 1 aromatic carbocycles. The van der Waals surface area contributed by atoms with E-state index in [9.17, 15) is 4.79 Å². The van der Waals surface area contributed by atoms with Gasteiger partial charge in [0.2, 0.25) is 0 Å². The summed E-state index contributed by atoms with van der Waals surface area (Å²) in [6.45, 7) is 2.05. The van der Waals surface area contributed by atoms with E-state index in [1.165, 1.54) is 0 Å². The predicted molar refractivity (Wildman–Crippen MR) is 56.2 cm³/mol. The fraction of sp³-hybridized carbons (Fsp3) is 0.364. The number of nitrogen functional groups attached to an aromatic ring is 1. The Morgan fingerprint density at radius 2 is 2.21 bits per heavy atom. The van der Waals surface area contributed by atoms with Crippen LogP contribution < -0.4 is 5.73 Å². The minimum atomic E-state index is -0.812. The zero-order valence-corrected chi connectivity index (χ0v) is 8.29. The summed E-state index contributed by atoms with van der Waals surface area (Å²) in [6, 6.07) is 5.44. The molecule has 3 heteroatoms. The number of nitrogens with two attached hydrogens (primary N) is 1. The molecular formula is C11H15NO2. The molecule has 0 fully saturated rings. The summed E-state index contributed by atoms with van der Waals surface area (Å²) >= 11 is 0. The first-order valence-electron chi connectivity index (χ1n) is 4.73. The van der Waals surface area contributed by atoms with E-state index in [2.05, 4.69) is 6.92 Å². The first-order valence-corrected chi connectivity index (χ1v) is 4.73. The number of hydrogen-bond donors (Lipinski definition) is 2. The molecule has 0 saturated carbocycles. The third-order valence-electron chi connectivity index (χ3n) is 2.15. The van der Waals surface area contributed by atoms with Crippen molar-refractivity contribution in [3.8, 4) is 0 Å². The minimum absolute atomic E-state index is 0.0559. The third-order valence-corrected chi connectivity index (χ3v) is 2.15. The van der Waals surface area contributed by atoms with Crippen LogP contribution in [0.2, 0.25) is 0 Å². The van der Waals surface area contributed by atoms with Crippen LogP contribution in [0.4, 0.5) is 5.69 Å². The van der Waals surface area contributed by atoms with Crippen LogP contribution in [-0.2, 0) is 17.6 Å². The maximum absolute atomic E-state index is 10.6. The van der Waals surface area contributed by atoms with Crippen molar-refractivity contribution in [2.45, 2.75) is 26.2 Å². The van der Waals surface area contributed by atoms with E-state index >= 15 is 0 Å². The topological polar surface area (TPSA) is 63.3 Å². The third kappa shape index (κ3) is 2.49. The number of benzene rings is 1. The summed E-state index contributed by atoms with van der Waals surface area (Å²) in [5.74, 6) is -0.812. The van der Waals surface area contributed by atoms with Crippen molar-refractivity contribution >= 4 is 11.7 Å². The van der Waals surface area contributed by atoms with Crippen molar-refractivity contribution in [2.75, 3.05) is 5.73 Å². The number of carbonyl (C=O) groups is 1. The number of hydrogen-bond acceptors (Lipinski definition) is 2. The van der Waals surface area contributed by atoms with Gasteiger partial charge >= 0.3 is 5.97 Å². The zero-order valence-electron chi connectivity index (χ0n) is 8.29. The van der Waals surface area contributed by atoms with Gasteiger partial charge in [0.25, 0.3) is 0 Å². The maximum atomic E-state index is 10.6. The standard InChI is InChI=1S/C11H15NO2/c1-2-4-9-8(7-11(13)14)5-3-6-10(9)12/h3,5-6H,2,4,7,12H2,1H3,(H,13,14). The van der Waals surface area contributed by atoms with Gasteiger partial charge in [-0.1, -0.05) is 25.5 Å². The Labute approximate surface area is 83.6 Å². The lowest BCUT2D eigenvalue weighted by Crippen LogP contribution is -2.06. The monoisotopic (exact) mass is 193 g/mol. The molecule has 0 unspecified atom stereocenters. The molecule has 0 aliphatic rings. The Morgan fingerprint density at radius 3 is 2.79 bits per heavy atom. The second kappa shape index (κ2) is 4.65. The second-order valence-corrected chi connectivity index (χ2v) is 3.31. The highest BCUT2D eigenvalue weighted by molar-refractivity contribution is 5.72. The SMILES string of the molecule is CCCc1c(N)cccc1CC(=O)O. The van der Waals surface area contributed by atoms with Crippen LogP contribution in [0.5, 0.6) is 0 Å². The molecule has 0 aliphatic heterocycles. The van der Waals surface area contributed by atoms with E-state index in [0.717, 1.165) is 24.0 Å². The number of carboxylic acid groups (broad SMARTS) is 1. The van der Waals surface area contributed by atoms with Gasteiger partial charge in [-0.3, -0.25) is 4.79 Å². The molecule has 0 aliphatic carbocycles. The van der Waals surface area contributed by atoms with Crippen molar-refractivity contribution in [1.82, 2.24) is 0 Å². The number of anilines is 1. The largest absolute Gasteiger partial charge is 0.481 e. The lowest BCUT2D eigenvalue weighted by Gasteiger charge is -2.09. The average molecular weight is 193 g/mol. The van der Waals surface area contributed by atoms with E-state index in [1.807, 2.05) is 12.1 Å². The Hall–Kier alpha value is -1.51. The van der Waals surface area contributed by atoms with Crippen LogP contribution in [0, 0.1) is 0 Å². The van der Waals surface area contributed by atoms with Gasteiger partial charge in [0.1, 0.15) is 0 Å². The molecule has 14 heavy (non-hydrogen) atoms. The van der Waals surface area contributed by atoms with Gasteiger partial charge in [-0.15, -0.1) is 0 Å². The number of rotatable bonds is 4. The van der Waals surface area contributed by atoms with Crippen LogP contribution in [0.25, 0.3) is 0 Å². The quantitative estimate of drug-likeness (QED) is 0.717. The summed E-state index contributed by atoms with van der Waals surface area (Å²) in [5, 5.41) is 8.71. The molecule has 0 atom stereocenters. The fourth-order valence-electron chi connectivity index (χ4n) is 1.54. The lowest BCUT2D eigenvalue weighted by molar-refractivity contribution is -0.136. The van der Waals surface area contributed by atoms with Gasteiger partial charge in [-0.05, 0) is 23.6 Å². The molecule has 1 aromatic rings. The Morgan fingerprint density at radius 1 is 1.50 bits per heavy atom. The molecule has 3 N–H and O–H groups in total. The van der Waals surface area contributed by atoms with Crippen molar-refractivity contribution in [1.29, 1.82) is 0 Å². The molecule has 0 radical (unpaired) electrons. The van der Waals surface area contributed by atoms with Crippen molar-refractivity contribution in [2.24, 2.45) is 0 Å². The summed E-state index contributed by atoms with van der Waals surface area (Å²) in [5.41, 5.74) is 8.31. The highest BCUT2D eigenvalue weighted by Crippen LogP contribution is 2.19. The van der Waals surface area contributed by atoms with Crippen molar-refractivity contribution < 1.29 is 9.90 Å². The van der Waals surface area contributed by atoms with Gasteiger partial charge < -0.3 is 10.8 Å². The van der Waals surface area contributed by atoms with E-state index in [1.54, 1.807) is 6.07 Å². The molecule has 0 spiro atoms. The molecule has 0 heterocycles. The molecule has 3 nitrogen and oxygen atoms in total. The Balaban J connectivity index is 3.01. The fourth-order valence-corrected chi connectivity index (χ4v) is 1.54. The smallest absolute Gasteiger partial charge is 0.307 e.